The predicted octanol–water partition coefficient (Wildman–Crippen LogP) is 0.356. The van der Waals surface area contributed by atoms with E-state index < -0.39 is 17.6 Å². The Balaban J connectivity index is 2.65. The van der Waals surface area contributed by atoms with Crippen LogP contribution in [0.25, 0.3) is 0 Å². The zero-order valence-corrected chi connectivity index (χ0v) is 12.4. The van der Waals surface area contributed by atoms with E-state index in [0.717, 1.165) is 25.9 Å². The van der Waals surface area contributed by atoms with Gasteiger partial charge in [-0.2, -0.15) is 0 Å². The predicted molar refractivity (Wildman–Crippen MR) is 74.8 cm³/mol. The molecule has 0 radical (unpaired) electrons. The fourth-order valence-corrected chi connectivity index (χ4v) is 2.38. The normalized spacial score (nSPS) is 36.8. The second kappa shape index (κ2) is 7.22. The molecule has 0 bridgehead atoms. The lowest BCUT2D eigenvalue weighted by atomic mass is 9.90. The number of likely N-dealkylation sites (N-methyl/N-ethyl adjacent to an activating group) is 1. The van der Waals surface area contributed by atoms with Gasteiger partial charge in [-0.1, -0.05) is 6.92 Å². The van der Waals surface area contributed by atoms with Gasteiger partial charge < -0.3 is 20.4 Å². The summed E-state index contributed by atoms with van der Waals surface area (Å²) in [6, 6.07) is 0. The van der Waals surface area contributed by atoms with Gasteiger partial charge in [-0.25, -0.2) is 0 Å². The molecule has 1 saturated heterocycles. The molecule has 0 aromatic carbocycles. The zero-order valence-electron chi connectivity index (χ0n) is 12.4. The molecule has 0 unspecified atom stereocenters. The van der Waals surface area contributed by atoms with E-state index in [1.807, 2.05) is 14.0 Å². The van der Waals surface area contributed by atoms with Crippen LogP contribution in [0, 0.1) is 5.92 Å². The summed E-state index contributed by atoms with van der Waals surface area (Å²) in [6.07, 6.45) is 1.93. The van der Waals surface area contributed by atoms with Gasteiger partial charge in [0.05, 0.1) is 17.6 Å². The molecule has 5 nitrogen and oxygen atoms in total. The molecule has 1 aliphatic rings. The van der Waals surface area contributed by atoms with Crippen LogP contribution in [0.4, 0.5) is 0 Å². The van der Waals surface area contributed by atoms with Crippen molar-refractivity contribution < 1.29 is 15.0 Å². The molecule has 0 aromatic heterocycles. The van der Waals surface area contributed by atoms with Crippen LogP contribution in [0.2, 0.25) is 0 Å². The largest absolute Gasteiger partial charge is 0.392 e. The summed E-state index contributed by atoms with van der Waals surface area (Å²) < 4.78 is 0. The van der Waals surface area contributed by atoms with E-state index in [9.17, 15) is 15.0 Å². The van der Waals surface area contributed by atoms with E-state index in [1.165, 1.54) is 0 Å². The minimum atomic E-state index is -0.758. The van der Waals surface area contributed by atoms with Gasteiger partial charge in [0.2, 0.25) is 5.91 Å². The van der Waals surface area contributed by atoms with Crippen LogP contribution in [0.3, 0.4) is 0 Å². The highest BCUT2D eigenvalue weighted by molar-refractivity contribution is 5.78. The molecule has 1 rings (SSSR count). The molecule has 0 aromatic rings. The van der Waals surface area contributed by atoms with Crippen molar-refractivity contribution in [1.82, 2.24) is 10.2 Å². The summed E-state index contributed by atoms with van der Waals surface area (Å²) in [5, 5.41) is 23.1. The quantitative estimate of drug-likeness (QED) is 0.595. The van der Waals surface area contributed by atoms with Crippen LogP contribution in [0.5, 0.6) is 0 Å². The van der Waals surface area contributed by atoms with Gasteiger partial charge >= 0.3 is 0 Å². The first-order valence-electron chi connectivity index (χ1n) is 7.18. The number of nitrogens with zero attached hydrogens (tertiary/aromatic N) is 1. The Hall–Kier alpha value is -0.650. The number of rotatable bonds is 0. The molecule has 1 aliphatic heterocycles. The average Bonchev–Trinajstić information content (AvgIpc) is 2.34. The minimum absolute atomic E-state index is 0.111. The van der Waals surface area contributed by atoms with Crippen LogP contribution < -0.4 is 5.32 Å². The van der Waals surface area contributed by atoms with Crippen molar-refractivity contribution >= 4 is 5.91 Å². The molecule has 19 heavy (non-hydrogen) atoms. The van der Waals surface area contributed by atoms with E-state index in [-0.39, 0.29) is 5.91 Å². The van der Waals surface area contributed by atoms with E-state index in [2.05, 4.69) is 10.2 Å². The molecule has 0 saturated carbocycles. The Bertz CT molecular complexity index is 294. The maximum Gasteiger partial charge on any atom is 0.225 e. The van der Waals surface area contributed by atoms with Crippen molar-refractivity contribution in [2.24, 2.45) is 5.92 Å². The number of nitrogens with one attached hydrogen (secondary N) is 1. The molecule has 1 amide bonds. The molecule has 1 heterocycles. The fourth-order valence-electron chi connectivity index (χ4n) is 2.38. The Kier molecular flexibility index (Phi) is 6.23. The molecule has 5 heteroatoms. The number of carbonyl (C=O) groups excluding carboxylic acids is 1. The molecular formula is C14H28N2O3. The molecule has 0 aliphatic carbocycles. The van der Waals surface area contributed by atoms with Gasteiger partial charge in [0.1, 0.15) is 0 Å². The van der Waals surface area contributed by atoms with Gasteiger partial charge in [-0.3, -0.25) is 4.79 Å². The summed E-state index contributed by atoms with van der Waals surface area (Å²) in [4.78, 5) is 14.0. The lowest BCUT2D eigenvalue weighted by Gasteiger charge is -2.26. The standard InChI is InChI=1S/C14H28N2O3/c1-11-12(17)5-7-14(2,19)6-4-9-16(3)10-8-15-13(11)18/h11-12,17,19H,4-10H2,1-3H3,(H,15,18)/t11-,12+,14-/m1/s1. The average molecular weight is 272 g/mol. The molecule has 3 atom stereocenters. The zero-order chi connectivity index (χ0) is 14.5. The summed E-state index contributed by atoms with van der Waals surface area (Å²) in [5.41, 5.74) is -0.758. The summed E-state index contributed by atoms with van der Waals surface area (Å²) in [6.45, 7) is 5.84. The Morgan fingerprint density at radius 1 is 1.37 bits per heavy atom. The highest BCUT2D eigenvalue weighted by atomic mass is 16.3. The van der Waals surface area contributed by atoms with Crippen molar-refractivity contribution in [3.8, 4) is 0 Å². The van der Waals surface area contributed by atoms with Crippen molar-refractivity contribution in [3.05, 3.63) is 0 Å². The van der Waals surface area contributed by atoms with Gasteiger partial charge in [0.25, 0.3) is 0 Å². The molecule has 0 spiro atoms. The maximum absolute atomic E-state index is 11.8. The van der Waals surface area contributed by atoms with Gasteiger partial charge in [-0.05, 0) is 46.2 Å². The molecule has 1 fully saturated rings. The number of amides is 1. The molecule has 3 N–H and O–H groups in total. The summed E-state index contributed by atoms with van der Waals surface area (Å²) in [7, 11) is 2.01. The van der Waals surface area contributed by atoms with E-state index >= 15 is 0 Å². The van der Waals surface area contributed by atoms with E-state index in [4.69, 9.17) is 0 Å². The number of aliphatic hydroxyl groups excluding tert-OH is 1. The lowest BCUT2D eigenvalue weighted by molar-refractivity contribution is -0.128. The van der Waals surface area contributed by atoms with Crippen LogP contribution in [0.15, 0.2) is 0 Å². The second-order valence-electron chi connectivity index (χ2n) is 6.09. The van der Waals surface area contributed by atoms with Gasteiger partial charge in [0, 0.05) is 13.1 Å². The Labute approximate surface area is 116 Å². The Morgan fingerprint density at radius 3 is 2.74 bits per heavy atom. The van der Waals surface area contributed by atoms with Crippen LogP contribution >= 0.6 is 0 Å². The maximum atomic E-state index is 11.8. The first kappa shape index (κ1) is 16.4. The molecular weight excluding hydrogens is 244 g/mol. The number of aliphatic hydroxyl groups is 2. The van der Waals surface area contributed by atoms with E-state index in [0.29, 0.717) is 19.4 Å². The third-order valence-corrected chi connectivity index (χ3v) is 4.02. The van der Waals surface area contributed by atoms with Gasteiger partial charge in [-0.15, -0.1) is 0 Å². The smallest absolute Gasteiger partial charge is 0.225 e. The first-order chi connectivity index (χ1) is 8.82. The van der Waals surface area contributed by atoms with Crippen LogP contribution in [-0.4, -0.2) is 59.4 Å². The SMILES string of the molecule is C[C@H]1C(=O)NCCN(C)CCC[C@@](C)(O)CC[C@@H]1O. The molecule has 112 valence electrons. The van der Waals surface area contributed by atoms with Crippen molar-refractivity contribution in [2.45, 2.75) is 51.2 Å². The second-order valence-corrected chi connectivity index (χ2v) is 6.09. The topological polar surface area (TPSA) is 72.8 Å². The first-order valence-corrected chi connectivity index (χ1v) is 7.18. The number of hydrogen-bond donors (Lipinski definition) is 3. The van der Waals surface area contributed by atoms with E-state index in [1.54, 1.807) is 6.92 Å². The number of carbonyl (C=O) groups is 1. The Morgan fingerprint density at radius 2 is 2.05 bits per heavy atom. The highest BCUT2D eigenvalue weighted by Crippen LogP contribution is 2.22. The summed E-state index contributed by atoms with van der Waals surface area (Å²) in [5.74, 6) is -0.540. The van der Waals surface area contributed by atoms with Crippen molar-refractivity contribution in [3.63, 3.8) is 0 Å². The van der Waals surface area contributed by atoms with Crippen LogP contribution in [0.1, 0.15) is 39.5 Å². The monoisotopic (exact) mass is 272 g/mol. The number of hydrogen-bond acceptors (Lipinski definition) is 4. The van der Waals surface area contributed by atoms with Gasteiger partial charge in [0.15, 0.2) is 0 Å². The third-order valence-electron chi connectivity index (χ3n) is 4.02. The van der Waals surface area contributed by atoms with Crippen molar-refractivity contribution in [1.29, 1.82) is 0 Å². The van der Waals surface area contributed by atoms with Crippen LogP contribution in [-0.2, 0) is 4.79 Å². The third kappa shape index (κ3) is 5.89. The lowest BCUT2D eigenvalue weighted by Crippen LogP contribution is -2.39. The minimum Gasteiger partial charge on any atom is -0.392 e. The van der Waals surface area contributed by atoms with Crippen molar-refractivity contribution in [2.75, 3.05) is 26.7 Å². The fraction of sp³-hybridized carbons (Fsp3) is 0.929. The summed E-state index contributed by atoms with van der Waals surface area (Å²) >= 11 is 0. The highest BCUT2D eigenvalue weighted by Gasteiger charge is 2.27.